The van der Waals surface area contributed by atoms with Gasteiger partial charge in [0.25, 0.3) is 0 Å². The monoisotopic (exact) mass is 305 g/mol. The number of hydrogen-bond donors (Lipinski definition) is 0. The van der Waals surface area contributed by atoms with Gasteiger partial charge >= 0.3 is 35.3 Å². The third-order valence-electron chi connectivity index (χ3n) is 0. The first-order valence-corrected chi connectivity index (χ1v) is 6.45. The average molecular weight is 306 g/mol. The second-order valence-corrected chi connectivity index (χ2v) is 3.49. The van der Waals surface area contributed by atoms with Gasteiger partial charge in [-0.3, -0.25) is 0 Å². The number of rotatable bonds is 0. The SMILES string of the molecule is [CH2-]C#N.[Cl][Pt][Cl]. The summed E-state index contributed by atoms with van der Waals surface area (Å²) in [6.45, 7) is 2.79. The Balaban J connectivity index is 0. The summed E-state index contributed by atoms with van der Waals surface area (Å²) < 4.78 is 0. The average Bonchev–Trinajstić information content (AvgIpc) is 1.39. The van der Waals surface area contributed by atoms with E-state index in [0.717, 1.165) is 0 Å². The van der Waals surface area contributed by atoms with Gasteiger partial charge in [-0.05, 0) is 0 Å². The van der Waals surface area contributed by atoms with Gasteiger partial charge in [0.1, 0.15) is 0 Å². The summed E-state index contributed by atoms with van der Waals surface area (Å²) in [5.41, 5.74) is 0. The van der Waals surface area contributed by atoms with Crippen molar-refractivity contribution in [3.05, 3.63) is 6.92 Å². The fourth-order valence-corrected chi connectivity index (χ4v) is 0. The van der Waals surface area contributed by atoms with Crippen LogP contribution < -0.4 is 0 Å². The summed E-state index contributed by atoms with van der Waals surface area (Å²) in [5.74, 6) is 0. The molecule has 0 amide bonds. The van der Waals surface area contributed by atoms with Crippen LogP contribution in [-0.2, 0) is 16.5 Å². The summed E-state index contributed by atoms with van der Waals surface area (Å²) in [4.78, 5) is 0. The Kier molecular flexibility index (Phi) is 28.5. The molecule has 0 aliphatic rings. The summed E-state index contributed by atoms with van der Waals surface area (Å²) in [6, 6.07) is 1.50. The molecule has 0 atom stereocenters. The van der Waals surface area contributed by atoms with E-state index in [0.29, 0.717) is 0 Å². The van der Waals surface area contributed by atoms with E-state index in [-0.39, 0.29) is 0 Å². The molecule has 0 N–H and O–H groups in total. The van der Waals surface area contributed by atoms with Crippen LogP contribution in [0.25, 0.3) is 0 Å². The molecule has 40 valence electrons. The molecule has 0 fully saturated rings. The van der Waals surface area contributed by atoms with E-state index in [2.05, 4.69) is 6.92 Å². The Morgan fingerprint density at radius 3 is 1.67 bits per heavy atom. The normalized spacial score (nSPS) is 4.83. The minimum atomic E-state index is -0.472. The van der Waals surface area contributed by atoms with Crippen molar-refractivity contribution in [2.24, 2.45) is 0 Å². The third-order valence-corrected chi connectivity index (χ3v) is 0. The number of hydrogen-bond acceptors (Lipinski definition) is 1. The number of nitriles is 1. The molecule has 4 heteroatoms. The van der Waals surface area contributed by atoms with Gasteiger partial charge < -0.3 is 6.92 Å². The van der Waals surface area contributed by atoms with Gasteiger partial charge in [0.2, 0.25) is 0 Å². The molecule has 0 aliphatic carbocycles. The Bertz CT molecular complexity index is 41.3. The topological polar surface area (TPSA) is 23.8 Å². The third kappa shape index (κ3) is 154. The van der Waals surface area contributed by atoms with Crippen molar-refractivity contribution in [1.29, 1.82) is 5.26 Å². The van der Waals surface area contributed by atoms with Crippen LogP contribution in [-0.4, -0.2) is 0 Å². The molecule has 0 bridgehead atoms. The molecule has 0 saturated carbocycles. The molecular weight excluding hydrogens is 304 g/mol. The maximum absolute atomic E-state index is 7.21. The summed E-state index contributed by atoms with van der Waals surface area (Å²) >= 11 is -0.472. The second kappa shape index (κ2) is 17.5. The van der Waals surface area contributed by atoms with Crippen molar-refractivity contribution in [1.82, 2.24) is 0 Å². The molecule has 0 radical (unpaired) electrons. The molecule has 1 nitrogen and oxygen atoms in total. The van der Waals surface area contributed by atoms with Gasteiger partial charge in [-0.25, -0.2) is 5.26 Å². The van der Waals surface area contributed by atoms with E-state index < -0.39 is 16.5 Å². The summed E-state index contributed by atoms with van der Waals surface area (Å²) in [5, 5.41) is 7.21. The Labute approximate surface area is 53.6 Å². The molecule has 0 heterocycles. The zero-order chi connectivity index (χ0) is 5.41. The molecule has 0 saturated heterocycles. The van der Waals surface area contributed by atoms with Gasteiger partial charge in [-0.2, -0.15) is 0 Å². The molecule has 0 unspecified atom stereocenters. The fourth-order valence-electron chi connectivity index (χ4n) is 0. The molecule has 0 aliphatic heterocycles. The zero-order valence-electron chi connectivity index (χ0n) is 2.73. The van der Waals surface area contributed by atoms with Gasteiger partial charge in [0.15, 0.2) is 0 Å². The second-order valence-electron chi connectivity index (χ2n) is 0.203. The van der Waals surface area contributed by atoms with Crippen LogP contribution in [0.3, 0.4) is 0 Å². The van der Waals surface area contributed by atoms with Gasteiger partial charge in [0, 0.05) is 0 Å². The van der Waals surface area contributed by atoms with Crippen LogP contribution in [0.4, 0.5) is 0 Å². The van der Waals surface area contributed by atoms with Crippen molar-refractivity contribution in [2.45, 2.75) is 0 Å². The molecule has 0 spiro atoms. The van der Waals surface area contributed by atoms with Crippen LogP contribution in [0.2, 0.25) is 0 Å². The fraction of sp³-hybridized carbons (Fsp3) is 0. The van der Waals surface area contributed by atoms with Crippen molar-refractivity contribution >= 4 is 18.8 Å². The molecule has 0 aromatic rings. The predicted molar refractivity (Wildman–Crippen MR) is 22.7 cm³/mol. The summed E-state index contributed by atoms with van der Waals surface area (Å²) in [7, 11) is 9.75. The van der Waals surface area contributed by atoms with Crippen LogP contribution in [0.5, 0.6) is 0 Å². The van der Waals surface area contributed by atoms with Crippen molar-refractivity contribution in [3.8, 4) is 6.07 Å². The van der Waals surface area contributed by atoms with E-state index in [1.807, 2.05) is 0 Å². The molecule has 0 rings (SSSR count). The molecular formula is C2H2Cl2NPt-. The minimum absolute atomic E-state index is 0.472. The van der Waals surface area contributed by atoms with Crippen molar-refractivity contribution < 1.29 is 16.5 Å². The Morgan fingerprint density at radius 2 is 1.67 bits per heavy atom. The quantitative estimate of drug-likeness (QED) is 0.625. The van der Waals surface area contributed by atoms with E-state index in [4.69, 9.17) is 24.1 Å². The van der Waals surface area contributed by atoms with Gasteiger partial charge in [-0.1, -0.05) is 0 Å². The van der Waals surface area contributed by atoms with Gasteiger partial charge in [0.05, 0.1) is 0 Å². The zero-order valence-corrected chi connectivity index (χ0v) is 6.51. The van der Waals surface area contributed by atoms with Crippen LogP contribution in [0, 0.1) is 18.3 Å². The van der Waals surface area contributed by atoms with Gasteiger partial charge in [-0.15, -0.1) is 6.07 Å². The van der Waals surface area contributed by atoms with Crippen molar-refractivity contribution in [3.63, 3.8) is 0 Å². The number of halogens is 2. The predicted octanol–water partition coefficient (Wildman–Crippen LogP) is 1.72. The van der Waals surface area contributed by atoms with Crippen LogP contribution in [0.1, 0.15) is 0 Å². The van der Waals surface area contributed by atoms with E-state index in [1.54, 1.807) is 0 Å². The standard InChI is InChI=1S/C2H2N.2ClH.Pt/c1-2-3;;;/h1H2;2*1H;/q-1;;;+2/p-2. The maximum atomic E-state index is 7.21. The van der Waals surface area contributed by atoms with E-state index in [9.17, 15) is 0 Å². The Morgan fingerprint density at radius 1 is 1.67 bits per heavy atom. The van der Waals surface area contributed by atoms with E-state index in [1.165, 1.54) is 6.07 Å². The molecule has 6 heavy (non-hydrogen) atoms. The molecule has 0 aromatic carbocycles. The Hall–Kier alpha value is 0.628. The first-order chi connectivity index (χ1) is 2.83. The summed E-state index contributed by atoms with van der Waals surface area (Å²) in [6.07, 6.45) is 0. The van der Waals surface area contributed by atoms with Crippen molar-refractivity contribution in [2.75, 3.05) is 0 Å². The van der Waals surface area contributed by atoms with E-state index >= 15 is 0 Å². The first-order valence-electron chi connectivity index (χ1n) is 0.816. The number of nitrogens with zero attached hydrogens (tertiary/aromatic N) is 1. The van der Waals surface area contributed by atoms with Crippen LogP contribution in [0.15, 0.2) is 0 Å². The first kappa shape index (κ1) is 9.80. The molecule has 0 aromatic heterocycles. The van der Waals surface area contributed by atoms with Crippen LogP contribution >= 0.6 is 18.8 Å².